The second-order valence-electron chi connectivity index (χ2n) is 5.12. The summed E-state index contributed by atoms with van der Waals surface area (Å²) >= 11 is 3.31. The number of nitrogens with two attached hydrogens (primary N) is 1. The van der Waals surface area contributed by atoms with Crippen LogP contribution >= 0.6 is 15.9 Å². The molecule has 5 heteroatoms. The maximum Gasteiger partial charge on any atom is 0.251 e. The fourth-order valence-corrected chi connectivity index (χ4v) is 2.66. The van der Waals surface area contributed by atoms with Gasteiger partial charge in [-0.15, -0.1) is 0 Å². The van der Waals surface area contributed by atoms with Crippen LogP contribution in [0.15, 0.2) is 22.7 Å². The van der Waals surface area contributed by atoms with E-state index in [9.17, 15) is 4.79 Å². The minimum atomic E-state index is -0.114. The van der Waals surface area contributed by atoms with Crippen molar-refractivity contribution in [2.75, 3.05) is 18.9 Å². The summed E-state index contributed by atoms with van der Waals surface area (Å²) in [6, 6.07) is 5.20. The molecule has 1 aromatic carbocycles. The van der Waals surface area contributed by atoms with Gasteiger partial charge in [-0.05, 0) is 47.0 Å². The van der Waals surface area contributed by atoms with Gasteiger partial charge in [-0.2, -0.15) is 0 Å². The summed E-state index contributed by atoms with van der Waals surface area (Å²) in [5.41, 5.74) is 6.90. The molecule has 4 nitrogen and oxygen atoms in total. The normalized spacial score (nSPS) is 16.1. The molecule has 0 radical (unpaired) electrons. The first-order valence-electron chi connectivity index (χ1n) is 7.11. The van der Waals surface area contributed by atoms with E-state index in [0.717, 1.165) is 17.3 Å². The number of carbonyl (C=O) groups excluding carboxylic acids is 1. The summed E-state index contributed by atoms with van der Waals surface area (Å²) in [4.78, 5) is 11.9. The first-order chi connectivity index (χ1) is 9.66. The van der Waals surface area contributed by atoms with Gasteiger partial charge in [-0.25, -0.2) is 0 Å². The molecular formula is C15H21BrN2O2. The number of hydrogen-bond acceptors (Lipinski definition) is 3. The van der Waals surface area contributed by atoms with Crippen LogP contribution in [-0.2, 0) is 4.74 Å². The van der Waals surface area contributed by atoms with Gasteiger partial charge < -0.3 is 15.8 Å². The summed E-state index contributed by atoms with van der Waals surface area (Å²) in [6.45, 7) is 1.10. The van der Waals surface area contributed by atoms with Gasteiger partial charge in [0.15, 0.2) is 0 Å². The molecule has 1 aromatic rings. The molecule has 0 aromatic heterocycles. The molecule has 1 aliphatic carbocycles. The number of halogens is 1. The zero-order valence-corrected chi connectivity index (χ0v) is 13.1. The molecular weight excluding hydrogens is 320 g/mol. The first-order valence-corrected chi connectivity index (χ1v) is 7.91. The van der Waals surface area contributed by atoms with E-state index in [1.807, 2.05) is 0 Å². The Morgan fingerprint density at radius 1 is 1.35 bits per heavy atom. The molecule has 20 heavy (non-hydrogen) atoms. The molecule has 0 heterocycles. The standard InChI is InChI=1S/C15H21BrN2O2/c16-13-7-6-11(10-14(13)17)15(19)18-8-9-20-12-4-2-1-3-5-12/h6-7,10,12H,1-5,8-9,17H2,(H,18,19). The molecule has 1 fully saturated rings. The van der Waals surface area contributed by atoms with Gasteiger partial charge in [0.2, 0.25) is 0 Å². The van der Waals surface area contributed by atoms with Gasteiger partial charge >= 0.3 is 0 Å². The van der Waals surface area contributed by atoms with Crippen LogP contribution in [0.3, 0.4) is 0 Å². The predicted octanol–water partition coefficient (Wildman–Crippen LogP) is 3.11. The van der Waals surface area contributed by atoms with Crippen LogP contribution < -0.4 is 11.1 Å². The molecule has 1 amide bonds. The summed E-state index contributed by atoms with van der Waals surface area (Å²) in [7, 11) is 0. The van der Waals surface area contributed by atoms with E-state index in [4.69, 9.17) is 10.5 Å². The smallest absolute Gasteiger partial charge is 0.251 e. The average Bonchev–Trinajstić information content (AvgIpc) is 2.47. The van der Waals surface area contributed by atoms with Crippen molar-refractivity contribution in [1.29, 1.82) is 0 Å². The number of benzene rings is 1. The Morgan fingerprint density at radius 3 is 2.80 bits per heavy atom. The van der Waals surface area contributed by atoms with Crippen LogP contribution in [-0.4, -0.2) is 25.2 Å². The predicted molar refractivity (Wildman–Crippen MR) is 83.7 cm³/mol. The number of hydrogen-bond donors (Lipinski definition) is 2. The number of rotatable bonds is 5. The minimum absolute atomic E-state index is 0.114. The van der Waals surface area contributed by atoms with Crippen molar-refractivity contribution in [2.45, 2.75) is 38.2 Å². The number of anilines is 1. The Morgan fingerprint density at radius 2 is 2.10 bits per heavy atom. The molecule has 0 unspecified atom stereocenters. The lowest BCUT2D eigenvalue weighted by Gasteiger charge is -2.22. The highest BCUT2D eigenvalue weighted by molar-refractivity contribution is 9.10. The minimum Gasteiger partial charge on any atom is -0.398 e. The highest BCUT2D eigenvalue weighted by Gasteiger charge is 2.13. The number of carbonyl (C=O) groups is 1. The molecule has 0 saturated heterocycles. The summed E-state index contributed by atoms with van der Waals surface area (Å²) in [5, 5.41) is 2.85. The van der Waals surface area contributed by atoms with Crippen LogP contribution in [0.4, 0.5) is 5.69 Å². The molecule has 3 N–H and O–H groups in total. The Balaban J connectivity index is 1.70. The lowest BCUT2D eigenvalue weighted by molar-refractivity contribution is 0.0299. The van der Waals surface area contributed by atoms with Crippen LogP contribution in [0, 0.1) is 0 Å². The maximum atomic E-state index is 11.9. The molecule has 2 rings (SSSR count). The number of amides is 1. The van der Waals surface area contributed by atoms with Crippen molar-refractivity contribution in [3.63, 3.8) is 0 Å². The Hall–Kier alpha value is -1.07. The van der Waals surface area contributed by atoms with Gasteiger partial charge in [-0.1, -0.05) is 19.3 Å². The van der Waals surface area contributed by atoms with Crippen LogP contribution in [0.25, 0.3) is 0 Å². The average molecular weight is 341 g/mol. The van der Waals surface area contributed by atoms with Gasteiger partial charge in [-0.3, -0.25) is 4.79 Å². The quantitative estimate of drug-likeness (QED) is 0.639. The van der Waals surface area contributed by atoms with E-state index in [2.05, 4.69) is 21.2 Å². The third kappa shape index (κ3) is 4.49. The van der Waals surface area contributed by atoms with Crippen molar-refractivity contribution in [3.8, 4) is 0 Å². The van der Waals surface area contributed by atoms with E-state index in [0.29, 0.717) is 30.5 Å². The van der Waals surface area contributed by atoms with Gasteiger partial charge in [0.25, 0.3) is 5.91 Å². The van der Waals surface area contributed by atoms with Crippen molar-refractivity contribution in [3.05, 3.63) is 28.2 Å². The van der Waals surface area contributed by atoms with Crippen molar-refractivity contribution < 1.29 is 9.53 Å². The summed E-state index contributed by atoms with van der Waals surface area (Å²) < 4.78 is 6.57. The zero-order chi connectivity index (χ0) is 14.4. The molecule has 110 valence electrons. The van der Waals surface area contributed by atoms with Crippen molar-refractivity contribution in [1.82, 2.24) is 5.32 Å². The molecule has 1 aliphatic rings. The molecule has 0 spiro atoms. The number of nitrogens with one attached hydrogen (secondary N) is 1. The van der Waals surface area contributed by atoms with Crippen LogP contribution in [0.2, 0.25) is 0 Å². The zero-order valence-electron chi connectivity index (χ0n) is 11.5. The molecule has 1 saturated carbocycles. The molecule has 0 atom stereocenters. The van der Waals surface area contributed by atoms with E-state index in [1.165, 1.54) is 19.3 Å². The highest BCUT2D eigenvalue weighted by atomic mass is 79.9. The Kier molecular flexibility index (Phi) is 5.86. The van der Waals surface area contributed by atoms with E-state index in [-0.39, 0.29) is 5.91 Å². The fourth-order valence-electron chi connectivity index (χ4n) is 2.41. The van der Waals surface area contributed by atoms with Crippen LogP contribution in [0.5, 0.6) is 0 Å². The molecule has 0 bridgehead atoms. The van der Waals surface area contributed by atoms with Crippen molar-refractivity contribution in [2.24, 2.45) is 0 Å². The van der Waals surface area contributed by atoms with E-state index < -0.39 is 0 Å². The monoisotopic (exact) mass is 340 g/mol. The number of ether oxygens (including phenoxy) is 1. The summed E-state index contributed by atoms with van der Waals surface area (Å²) in [5.74, 6) is -0.114. The van der Waals surface area contributed by atoms with Gasteiger partial charge in [0.05, 0.1) is 12.7 Å². The Bertz CT molecular complexity index is 459. The van der Waals surface area contributed by atoms with Gasteiger partial charge in [0.1, 0.15) is 0 Å². The lowest BCUT2D eigenvalue weighted by atomic mass is 9.98. The topological polar surface area (TPSA) is 64.4 Å². The lowest BCUT2D eigenvalue weighted by Crippen LogP contribution is -2.29. The summed E-state index contributed by atoms with van der Waals surface area (Å²) in [6.07, 6.45) is 6.52. The van der Waals surface area contributed by atoms with E-state index in [1.54, 1.807) is 18.2 Å². The second kappa shape index (κ2) is 7.64. The third-order valence-electron chi connectivity index (χ3n) is 3.55. The van der Waals surface area contributed by atoms with Crippen molar-refractivity contribution >= 4 is 27.5 Å². The number of nitrogen functional groups attached to an aromatic ring is 1. The van der Waals surface area contributed by atoms with Gasteiger partial charge in [0, 0.05) is 22.3 Å². The first kappa shape index (κ1) is 15.3. The second-order valence-corrected chi connectivity index (χ2v) is 5.98. The fraction of sp³-hybridized carbons (Fsp3) is 0.533. The molecule has 0 aliphatic heterocycles. The highest BCUT2D eigenvalue weighted by Crippen LogP contribution is 2.21. The largest absolute Gasteiger partial charge is 0.398 e. The third-order valence-corrected chi connectivity index (χ3v) is 4.27. The maximum absolute atomic E-state index is 11.9. The SMILES string of the molecule is Nc1cc(C(=O)NCCOC2CCCCC2)ccc1Br. The Labute approximate surface area is 128 Å². The van der Waals surface area contributed by atoms with Crippen LogP contribution in [0.1, 0.15) is 42.5 Å². The van der Waals surface area contributed by atoms with E-state index >= 15 is 0 Å².